The Morgan fingerprint density at radius 2 is 1.79 bits per heavy atom. The fraction of sp³-hybridized carbons (Fsp3) is 0.556. The van der Waals surface area contributed by atoms with Gasteiger partial charge >= 0.3 is 6.09 Å². The molecule has 6 nitrogen and oxygen atoms in total. The number of carbonyl (C=O) groups excluding carboxylic acids is 1. The fourth-order valence-corrected chi connectivity index (χ4v) is 3.16. The lowest BCUT2D eigenvalue weighted by Crippen LogP contribution is -2.58. The number of nitriles is 1. The number of halogens is 3. The first-order valence-corrected chi connectivity index (χ1v) is 10.2. The van der Waals surface area contributed by atoms with Crippen LogP contribution in [0.5, 0.6) is 0 Å². The van der Waals surface area contributed by atoms with Gasteiger partial charge in [-0.05, 0) is 33.8 Å². The third-order valence-corrected chi connectivity index (χ3v) is 5.30. The van der Waals surface area contributed by atoms with Crippen molar-refractivity contribution >= 4 is 15.9 Å². The van der Waals surface area contributed by atoms with Gasteiger partial charge in [0.25, 0.3) is 5.92 Å². The molecule has 1 aromatic carbocycles. The van der Waals surface area contributed by atoms with Crippen molar-refractivity contribution in [1.82, 2.24) is 5.32 Å². The van der Waals surface area contributed by atoms with Gasteiger partial charge in [0.05, 0.1) is 6.07 Å². The van der Waals surface area contributed by atoms with Gasteiger partial charge in [0, 0.05) is 18.2 Å². The molecule has 1 amide bonds. The summed E-state index contributed by atoms with van der Waals surface area (Å²) in [6.07, 6.45) is -2.03. The van der Waals surface area contributed by atoms with Gasteiger partial charge in [-0.2, -0.15) is 5.26 Å². The highest BCUT2D eigenvalue weighted by Gasteiger charge is 2.56. The van der Waals surface area contributed by atoms with Crippen LogP contribution in [0, 0.1) is 17.1 Å². The number of hydrogen-bond acceptors (Lipinski definition) is 5. The lowest BCUT2D eigenvalue weighted by Gasteiger charge is -2.39. The number of benzene rings is 1. The van der Waals surface area contributed by atoms with Gasteiger partial charge in [0.1, 0.15) is 17.0 Å². The van der Waals surface area contributed by atoms with E-state index in [4.69, 9.17) is 10.00 Å². The molecular weight excluding hydrogens is 397 g/mol. The van der Waals surface area contributed by atoms with Crippen molar-refractivity contribution in [3.05, 3.63) is 35.6 Å². The molecule has 0 heterocycles. The average molecular weight is 420 g/mol. The first-order chi connectivity index (χ1) is 12.5. The standard InChI is InChI=1S/C18H23F3N2O4S/c1-16(2,3)27-15(24)23-17(4,13-8-6-7-9-14(13)19)18(20,21)10-12(11-22)28(5,25)26/h6-9,12H,10H2,1-5H3,(H,23,24)/t12?,17-/m1/s1. The molecule has 0 aliphatic carbocycles. The number of hydrogen-bond donors (Lipinski definition) is 1. The van der Waals surface area contributed by atoms with Crippen molar-refractivity contribution in [3.8, 4) is 6.07 Å². The Labute approximate surface area is 162 Å². The van der Waals surface area contributed by atoms with Gasteiger partial charge in [0.2, 0.25) is 0 Å². The summed E-state index contributed by atoms with van der Waals surface area (Å²) in [6.45, 7) is 5.40. The molecule has 0 saturated heterocycles. The Kier molecular flexibility index (Phi) is 6.78. The van der Waals surface area contributed by atoms with Crippen LogP contribution < -0.4 is 5.32 Å². The second kappa shape index (κ2) is 7.99. The topological polar surface area (TPSA) is 96.3 Å². The van der Waals surface area contributed by atoms with E-state index in [-0.39, 0.29) is 0 Å². The minimum atomic E-state index is -4.14. The van der Waals surface area contributed by atoms with Crippen molar-refractivity contribution in [2.75, 3.05) is 6.26 Å². The maximum Gasteiger partial charge on any atom is 0.408 e. The van der Waals surface area contributed by atoms with Crippen LogP contribution in [0.4, 0.5) is 18.0 Å². The Morgan fingerprint density at radius 3 is 2.21 bits per heavy atom. The Hall–Kier alpha value is -2.28. The number of sulfone groups is 1. The Morgan fingerprint density at radius 1 is 1.25 bits per heavy atom. The molecule has 1 rings (SSSR count). The molecule has 0 aliphatic heterocycles. The van der Waals surface area contributed by atoms with Crippen molar-refractivity contribution in [2.24, 2.45) is 0 Å². The van der Waals surface area contributed by atoms with E-state index in [0.717, 1.165) is 19.1 Å². The van der Waals surface area contributed by atoms with Crippen LogP contribution in [0.1, 0.15) is 39.7 Å². The zero-order valence-corrected chi connectivity index (χ0v) is 17.0. The monoisotopic (exact) mass is 420 g/mol. The molecule has 0 spiro atoms. The van der Waals surface area contributed by atoms with Crippen LogP contribution in [-0.4, -0.2) is 37.5 Å². The number of nitrogens with zero attached hydrogens (tertiary/aromatic N) is 1. The molecule has 2 atom stereocenters. The molecule has 1 unspecified atom stereocenters. The van der Waals surface area contributed by atoms with Crippen LogP contribution in [0.3, 0.4) is 0 Å². The summed E-state index contributed by atoms with van der Waals surface area (Å²) in [7, 11) is -4.14. The van der Waals surface area contributed by atoms with E-state index < -0.39 is 56.0 Å². The molecule has 1 N–H and O–H groups in total. The van der Waals surface area contributed by atoms with Gasteiger partial charge in [-0.15, -0.1) is 0 Å². The van der Waals surface area contributed by atoms with Gasteiger partial charge in [0.15, 0.2) is 15.1 Å². The predicted molar refractivity (Wildman–Crippen MR) is 96.9 cm³/mol. The van der Waals surface area contributed by atoms with E-state index in [1.807, 2.05) is 5.32 Å². The lowest BCUT2D eigenvalue weighted by molar-refractivity contribution is -0.0934. The van der Waals surface area contributed by atoms with Crippen LogP contribution in [0.25, 0.3) is 0 Å². The first-order valence-electron chi connectivity index (χ1n) is 8.26. The molecule has 0 saturated carbocycles. The molecule has 0 fully saturated rings. The molecule has 28 heavy (non-hydrogen) atoms. The third-order valence-electron chi connectivity index (χ3n) is 4.00. The van der Waals surface area contributed by atoms with E-state index >= 15 is 8.78 Å². The summed E-state index contributed by atoms with van der Waals surface area (Å²) in [5.74, 6) is -5.05. The second-order valence-corrected chi connectivity index (χ2v) is 9.82. The Balaban J connectivity index is 3.48. The summed E-state index contributed by atoms with van der Waals surface area (Å²) in [5, 5.41) is 8.93. The molecule has 0 radical (unpaired) electrons. The summed E-state index contributed by atoms with van der Waals surface area (Å²) in [4.78, 5) is 12.2. The quantitative estimate of drug-likeness (QED) is 0.760. The minimum Gasteiger partial charge on any atom is -0.444 e. The predicted octanol–water partition coefficient (Wildman–Crippen LogP) is 3.53. The highest BCUT2D eigenvalue weighted by molar-refractivity contribution is 7.91. The SMILES string of the molecule is CC(C)(C)OC(=O)N[C@](C)(c1ccccc1F)C(F)(F)CC(C#N)S(C)(=O)=O. The lowest BCUT2D eigenvalue weighted by atomic mass is 9.82. The van der Waals surface area contributed by atoms with Crippen molar-refractivity contribution in [1.29, 1.82) is 5.26 Å². The van der Waals surface area contributed by atoms with Crippen molar-refractivity contribution in [2.45, 2.75) is 56.4 Å². The highest BCUT2D eigenvalue weighted by Crippen LogP contribution is 2.42. The van der Waals surface area contributed by atoms with Crippen LogP contribution in [0.2, 0.25) is 0 Å². The zero-order chi connectivity index (χ0) is 22.0. The highest BCUT2D eigenvalue weighted by atomic mass is 32.2. The first kappa shape index (κ1) is 23.8. The number of amides is 1. The van der Waals surface area contributed by atoms with E-state index in [0.29, 0.717) is 6.26 Å². The summed E-state index contributed by atoms with van der Waals surface area (Å²) in [5.41, 5.74) is -4.27. The molecule has 0 aromatic heterocycles. The van der Waals surface area contributed by atoms with Gasteiger partial charge in [-0.1, -0.05) is 18.2 Å². The summed E-state index contributed by atoms with van der Waals surface area (Å²) < 4.78 is 73.1. The minimum absolute atomic E-state index is 0.573. The van der Waals surface area contributed by atoms with E-state index in [1.165, 1.54) is 39.0 Å². The summed E-state index contributed by atoms with van der Waals surface area (Å²) in [6, 6.07) is 5.87. The molecule has 0 bridgehead atoms. The smallest absolute Gasteiger partial charge is 0.408 e. The molecule has 10 heteroatoms. The van der Waals surface area contributed by atoms with Crippen molar-refractivity contribution < 1.29 is 31.1 Å². The van der Waals surface area contributed by atoms with Crippen molar-refractivity contribution in [3.63, 3.8) is 0 Å². The molecular formula is C18H23F3N2O4S. The van der Waals surface area contributed by atoms with E-state index in [1.54, 1.807) is 0 Å². The maximum absolute atomic E-state index is 15.2. The number of alkyl halides is 2. The van der Waals surface area contributed by atoms with Crippen LogP contribution in [-0.2, 0) is 20.1 Å². The maximum atomic E-state index is 15.2. The number of ether oxygens (including phenoxy) is 1. The van der Waals surface area contributed by atoms with Gasteiger partial charge in [-0.25, -0.2) is 26.4 Å². The Bertz CT molecular complexity index is 876. The normalized spacial score (nSPS) is 15.8. The van der Waals surface area contributed by atoms with Crippen LogP contribution >= 0.6 is 0 Å². The van der Waals surface area contributed by atoms with E-state index in [9.17, 15) is 17.6 Å². The van der Waals surface area contributed by atoms with Crippen LogP contribution in [0.15, 0.2) is 24.3 Å². The summed E-state index contributed by atoms with van der Waals surface area (Å²) >= 11 is 0. The number of nitrogens with one attached hydrogen (secondary N) is 1. The number of alkyl carbamates (subject to hydrolysis) is 1. The van der Waals surface area contributed by atoms with E-state index in [2.05, 4.69) is 0 Å². The third kappa shape index (κ3) is 5.61. The molecule has 156 valence electrons. The fourth-order valence-electron chi connectivity index (χ4n) is 2.46. The van der Waals surface area contributed by atoms with Gasteiger partial charge in [-0.3, -0.25) is 0 Å². The zero-order valence-electron chi connectivity index (χ0n) is 16.2. The van der Waals surface area contributed by atoms with Gasteiger partial charge < -0.3 is 10.1 Å². The average Bonchev–Trinajstić information content (AvgIpc) is 2.49. The largest absolute Gasteiger partial charge is 0.444 e. The number of rotatable bonds is 6. The number of carbonyl (C=O) groups is 1. The second-order valence-electron chi connectivity index (χ2n) is 7.59. The molecule has 0 aliphatic rings. The molecule has 1 aromatic rings.